The Labute approximate surface area is 44.7 Å². The first-order valence-corrected chi connectivity index (χ1v) is 1.69. The Morgan fingerprint density at radius 1 is 1.38 bits per heavy atom. The third kappa shape index (κ3) is 2.17. The van der Waals surface area contributed by atoms with E-state index in [1.54, 1.807) is 0 Å². The summed E-state index contributed by atoms with van der Waals surface area (Å²) in [5, 5.41) is 31.9. The number of aliphatic hydroxyl groups is 4. The molecule has 0 aliphatic rings. The molecule has 0 aromatic heterocycles. The first-order chi connectivity index (χ1) is 3.48. The summed E-state index contributed by atoms with van der Waals surface area (Å²) < 4.78 is 0. The molecule has 0 radical (unpaired) electrons. The van der Waals surface area contributed by atoms with E-state index in [1.165, 1.54) is 0 Å². The van der Waals surface area contributed by atoms with E-state index in [1.807, 2.05) is 0 Å². The van der Waals surface area contributed by atoms with Crippen LogP contribution in [0, 0.1) is 0 Å². The van der Waals surface area contributed by atoms with Crippen molar-refractivity contribution in [2.24, 2.45) is 5.90 Å². The van der Waals surface area contributed by atoms with Gasteiger partial charge in [0.1, 0.15) is 0 Å². The highest BCUT2D eigenvalue weighted by Gasteiger charge is 2.30. The predicted octanol–water partition coefficient (Wildman–Crippen LogP) is -3.17. The van der Waals surface area contributed by atoms with Crippen LogP contribution in [0.2, 0.25) is 0 Å². The molecule has 6 nitrogen and oxygen atoms in total. The Balaban J connectivity index is 3.62. The van der Waals surface area contributed by atoms with Crippen LogP contribution in [0.25, 0.3) is 0 Å². The summed E-state index contributed by atoms with van der Waals surface area (Å²) in [4.78, 5) is 3.42. The molecule has 0 aromatic rings. The van der Waals surface area contributed by atoms with Crippen molar-refractivity contribution in [1.82, 2.24) is 0 Å². The molecular formula is C2H7NO5. The van der Waals surface area contributed by atoms with Gasteiger partial charge in [-0.25, -0.2) is 5.90 Å². The average Bonchev–Trinajstić information content (AvgIpc) is 1.62. The van der Waals surface area contributed by atoms with Crippen LogP contribution in [0.1, 0.15) is 0 Å². The lowest BCUT2D eigenvalue weighted by Crippen LogP contribution is -2.44. The van der Waals surface area contributed by atoms with Crippen molar-refractivity contribution in [2.45, 2.75) is 12.3 Å². The molecule has 0 saturated heterocycles. The lowest BCUT2D eigenvalue weighted by atomic mass is 10.5. The third-order valence-electron chi connectivity index (χ3n) is 0.460. The summed E-state index contributed by atoms with van der Waals surface area (Å²) in [5.41, 5.74) is 0. The summed E-state index contributed by atoms with van der Waals surface area (Å²) in [6.07, 6.45) is -2.21. The molecule has 1 atom stereocenters. The van der Waals surface area contributed by atoms with Gasteiger partial charge < -0.3 is 20.4 Å². The zero-order valence-electron chi connectivity index (χ0n) is 3.85. The maximum Gasteiger partial charge on any atom is 0.331 e. The zero-order valence-corrected chi connectivity index (χ0v) is 3.85. The van der Waals surface area contributed by atoms with Gasteiger partial charge in [0.2, 0.25) is 0 Å². The standard InChI is InChI=1S/C2H7NO5/c3-8-1(4)2(5,6)7/h1,4-7H,3H2. The SMILES string of the molecule is NOC(O)C(O)(O)O. The minimum Gasteiger partial charge on any atom is -0.360 e. The monoisotopic (exact) mass is 125 g/mol. The van der Waals surface area contributed by atoms with Crippen LogP contribution in [0.5, 0.6) is 0 Å². The van der Waals surface area contributed by atoms with E-state index in [2.05, 4.69) is 10.7 Å². The lowest BCUT2D eigenvalue weighted by molar-refractivity contribution is -0.405. The van der Waals surface area contributed by atoms with Gasteiger partial charge in [0.15, 0.2) is 0 Å². The second-order valence-electron chi connectivity index (χ2n) is 1.18. The van der Waals surface area contributed by atoms with Crippen molar-refractivity contribution in [3.05, 3.63) is 0 Å². The van der Waals surface area contributed by atoms with Crippen LogP contribution in [0.4, 0.5) is 0 Å². The smallest absolute Gasteiger partial charge is 0.331 e. The van der Waals surface area contributed by atoms with Crippen molar-refractivity contribution in [3.63, 3.8) is 0 Å². The molecule has 0 bridgehead atoms. The number of aliphatic hydroxyl groups excluding tert-OH is 1. The molecule has 0 spiro atoms. The first kappa shape index (κ1) is 7.76. The average molecular weight is 125 g/mol. The van der Waals surface area contributed by atoms with Gasteiger partial charge >= 0.3 is 5.97 Å². The topological polar surface area (TPSA) is 116 Å². The molecule has 8 heavy (non-hydrogen) atoms. The van der Waals surface area contributed by atoms with E-state index in [-0.39, 0.29) is 0 Å². The van der Waals surface area contributed by atoms with Gasteiger partial charge in [-0.05, 0) is 0 Å². The van der Waals surface area contributed by atoms with Gasteiger partial charge in [0.05, 0.1) is 0 Å². The highest BCUT2D eigenvalue weighted by Crippen LogP contribution is 1.98. The largest absolute Gasteiger partial charge is 0.360 e. The molecule has 0 amide bonds. The van der Waals surface area contributed by atoms with E-state index in [0.29, 0.717) is 0 Å². The van der Waals surface area contributed by atoms with Crippen LogP contribution in [-0.2, 0) is 4.84 Å². The molecule has 1 unspecified atom stereocenters. The van der Waals surface area contributed by atoms with E-state index < -0.39 is 12.3 Å². The lowest BCUT2D eigenvalue weighted by Gasteiger charge is -2.17. The van der Waals surface area contributed by atoms with Gasteiger partial charge in [-0.2, -0.15) is 0 Å². The predicted molar refractivity (Wildman–Crippen MR) is 20.7 cm³/mol. The van der Waals surface area contributed by atoms with Crippen molar-refractivity contribution in [2.75, 3.05) is 0 Å². The second kappa shape index (κ2) is 2.35. The second-order valence-corrected chi connectivity index (χ2v) is 1.18. The third-order valence-corrected chi connectivity index (χ3v) is 0.460. The summed E-state index contributed by atoms with van der Waals surface area (Å²) in [6, 6.07) is 0. The first-order valence-electron chi connectivity index (χ1n) is 1.69. The van der Waals surface area contributed by atoms with Crippen LogP contribution < -0.4 is 5.90 Å². The van der Waals surface area contributed by atoms with Crippen molar-refractivity contribution in [3.8, 4) is 0 Å². The molecule has 0 fully saturated rings. The minimum atomic E-state index is -3.28. The highest BCUT2D eigenvalue weighted by molar-refractivity contribution is 4.46. The van der Waals surface area contributed by atoms with Gasteiger partial charge in [0.25, 0.3) is 6.29 Å². The molecule has 0 aliphatic carbocycles. The van der Waals surface area contributed by atoms with Crippen LogP contribution in [0.3, 0.4) is 0 Å². The quantitative estimate of drug-likeness (QED) is 0.196. The van der Waals surface area contributed by atoms with Crippen LogP contribution in [-0.4, -0.2) is 32.7 Å². The maximum absolute atomic E-state index is 8.10. The molecule has 50 valence electrons. The summed E-state index contributed by atoms with van der Waals surface area (Å²) in [5.74, 6) is 0.945. The molecule has 6 N–H and O–H groups in total. The number of nitrogens with two attached hydrogens (primary N) is 1. The fraction of sp³-hybridized carbons (Fsp3) is 1.00. The summed E-state index contributed by atoms with van der Waals surface area (Å²) in [7, 11) is 0. The zero-order chi connectivity index (χ0) is 6.78. The summed E-state index contributed by atoms with van der Waals surface area (Å²) >= 11 is 0. The number of hydrogen-bond donors (Lipinski definition) is 5. The Hall–Kier alpha value is -0.240. The highest BCUT2D eigenvalue weighted by atomic mass is 16.8. The number of rotatable bonds is 2. The van der Waals surface area contributed by atoms with Crippen molar-refractivity contribution in [1.29, 1.82) is 0 Å². The minimum absolute atomic E-state index is 2.21. The Bertz CT molecular complexity index is 67.3. The van der Waals surface area contributed by atoms with Gasteiger partial charge in [-0.15, -0.1) is 0 Å². The fourth-order valence-corrected chi connectivity index (χ4v) is 0.0913. The summed E-state index contributed by atoms with van der Waals surface area (Å²) in [6.45, 7) is 0. The van der Waals surface area contributed by atoms with Gasteiger partial charge in [-0.1, -0.05) is 0 Å². The molecule has 0 rings (SSSR count). The van der Waals surface area contributed by atoms with E-state index in [0.717, 1.165) is 0 Å². The van der Waals surface area contributed by atoms with Gasteiger partial charge in [-0.3, -0.25) is 4.84 Å². The van der Waals surface area contributed by atoms with E-state index in [4.69, 9.17) is 20.4 Å². The Morgan fingerprint density at radius 2 is 1.75 bits per heavy atom. The van der Waals surface area contributed by atoms with Gasteiger partial charge in [0, 0.05) is 0 Å². The Morgan fingerprint density at radius 3 is 1.75 bits per heavy atom. The molecule has 0 heterocycles. The molecule has 0 saturated carbocycles. The normalized spacial score (nSPS) is 16.1. The van der Waals surface area contributed by atoms with E-state index in [9.17, 15) is 0 Å². The van der Waals surface area contributed by atoms with Crippen molar-refractivity contribution < 1.29 is 25.3 Å². The van der Waals surface area contributed by atoms with E-state index >= 15 is 0 Å². The van der Waals surface area contributed by atoms with Crippen molar-refractivity contribution >= 4 is 0 Å². The van der Waals surface area contributed by atoms with Crippen LogP contribution in [0.15, 0.2) is 0 Å². The Kier molecular flexibility index (Phi) is 2.28. The maximum atomic E-state index is 8.10. The van der Waals surface area contributed by atoms with Crippen LogP contribution >= 0.6 is 0 Å². The molecule has 6 heteroatoms. The number of hydrogen-bond acceptors (Lipinski definition) is 6. The fourth-order valence-electron chi connectivity index (χ4n) is 0.0913. The molecule has 0 aliphatic heterocycles. The molecule has 0 aromatic carbocycles. The molecular weight excluding hydrogens is 118 g/mol.